The third-order valence-electron chi connectivity index (χ3n) is 3.36. The van der Waals surface area contributed by atoms with E-state index in [1.807, 2.05) is 55.6 Å². The fourth-order valence-electron chi connectivity index (χ4n) is 2.36. The minimum atomic E-state index is -0.363. The van der Waals surface area contributed by atoms with E-state index in [4.69, 9.17) is 4.74 Å². The van der Waals surface area contributed by atoms with Gasteiger partial charge in [-0.05, 0) is 39.9 Å². The van der Waals surface area contributed by atoms with Crippen LogP contribution in [-0.4, -0.2) is 13.1 Å². The van der Waals surface area contributed by atoms with Crippen LogP contribution in [0.2, 0.25) is 0 Å². The third-order valence-corrected chi connectivity index (χ3v) is 4.18. The molecule has 0 saturated carbocycles. The molecule has 0 atom stereocenters. The molecular weight excluding hydrogens is 306 g/mol. The van der Waals surface area contributed by atoms with Gasteiger partial charge in [0.1, 0.15) is 10.9 Å². The second-order valence-electron chi connectivity index (χ2n) is 4.51. The molecule has 0 aliphatic heterocycles. The molecule has 0 N–H and O–H groups in total. The van der Waals surface area contributed by atoms with Gasteiger partial charge in [0.2, 0.25) is 0 Å². The number of ether oxygens (including phenoxy) is 1. The first-order chi connectivity index (χ1) is 11.2. The number of nitrogens with zero attached hydrogens (tertiary/aromatic N) is 1. The lowest BCUT2D eigenvalue weighted by atomic mass is 9.97. The number of rotatable bonds is 2. The summed E-state index contributed by atoms with van der Waals surface area (Å²) in [4.78, 5) is 12.4. The van der Waals surface area contributed by atoms with Gasteiger partial charge in [0.15, 0.2) is 0 Å². The first-order valence-electron chi connectivity index (χ1n) is 7.33. The van der Waals surface area contributed by atoms with Gasteiger partial charge in [0.05, 0.1) is 12.7 Å². The quantitative estimate of drug-likeness (QED) is 0.605. The maximum atomic E-state index is 11.7. The van der Waals surface area contributed by atoms with Gasteiger partial charge in [-0.1, -0.05) is 38.1 Å². The number of hydrogen-bond acceptors (Lipinski definition) is 4. The molecule has 4 heteroatoms. The van der Waals surface area contributed by atoms with Crippen molar-refractivity contribution in [1.29, 1.82) is 5.26 Å². The Hall–Kier alpha value is -2.64. The molecule has 2 aromatic carbocycles. The average Bonchev–Trinajstić information content (AvgIpc) is 3.10. The lowest BCUT2D eigenvalue weighted by molar-refractivity contribution is 0.0601. The van der Waals surface area contributed by atoms with E-state index < -0.39 is 0 Å². The Labute approximate surface area is 139 Å². The number of hydrogen-bond donors (Lipinski definition) is 0. The van der Waals surface area contributed by atoms with Gasteiger partial charge in [-0.25, -0.2) is 4.79 Å². The molecule has 23 heavy (non-hydrogen) atoms. The third kappa shape index (κ3) is 3.25. The monoisotopic (exact) mass is 323 g/mol. The van der Waals surface area contributed by atoms with Crippen molar-refractivity contribution in [2.24, 2.45) is 0 Å². The zero-order valence-corrected chi connectivity index (χ0v) is 14.1. The highest BCUT2D eigenvalue weighted by Crippen LogP contribution is 2.33. The Morgan fingerprint density at radius 2 is 1.91 bits per heavy atom. The molecule has 3 rings (SSSR count). The number of carbonyl (C=O) groups excluding carboxylic acids is 1. The molecule has 0 amide bonds. The summed E-state index contributed by atoms with van der Waals surface area (Å²) >= 11 is 1.42. The summed E-state index contributed by atoms with van der Waals surface area (Å²) < 4.78 is 4.77. The Morgan fingerprint density at radius 3 is 2.61 bits per heavy atom. The molecule has 116 valence electrons. The van der Waals surface area contributed by atoms with Crippen molar-refractivity contribution in [2.45, 2.75) is 13.8 Å². The predicted molar refractivity (Wildman–Crippen MR) is 94.7 cm³/mol. The second-order valence-corrected chi connectivity index (χ2v) is 5.42. The number of carbonyl (C=O) groups is 1. The first kappa shape index (κ1) is 16.7. The number of esters is 1. The standard InChI is InChI=1S/C17H11NO2S.C2H6/c1-20-17(19)12-6-5-11-3-2-4-13(15(11)9-12)14-7-8-21-16(14)10-18;1-2/h2-9H,1H3;1-2H3. The van der Waals surface area contributed by atoms with E-state index in [-0.39, 0.29) is 5.97 Å². The molecular formula is C19H17NO2S. The Kier molecular flexibility index (Phi) is 5.51. The Morgan fingerprint density at radius 1 is 1.13 bits per heavy atom. The highest BCUT2D eigenvalue weighted by molar-refractivity contribution is 7.11. The number of thiophene rings is 1. The van der Waals surface area contributed by atoms with E-state index in [1.54, 1.807) is 6.07 Å². The summed E-state index contributed by atoms with van der Waals surface area (Å²) in [6, 6.07) is 15.5. The number of benzene rings is 2. The molecule has 0 saturated heterocycles. The van der Waals surface area contributed by atoms with Gasteiger partial charge in [-0.2, -0.15) is 5.26 Å². The molecule has 3 aromatic rings. The van der Waals surface area contributed by atoms with Crippen LogP contribution in [0.15, 0.2) is 47.8 Å². The van der Waals surface area contributed by atoms with Crippen LogP contribution in [0.1, 0.15) is 29.1 Å². The molecule has 1 aromatic heterocycles. The summed E-state index contributed by atoms with van der Waals surface area (Å²) in [6.45, 7) is 4.00. The summed E-state index contributed by atoms with van der Waals surface area (Å²) in [5.41, 5.74) is 2.36. The average molecular weight is 323 g/mol. The van der Waals surface area contributed by atoms with E-state index in [9.17, 15) is 10.1 Å². The van der Waals surface area contributed by atoms with Crippen molar-refractivity contribution in [3.63, 3.8) is 0 Å². The molecule has 0 unspecified atom stereocenters. The number of nitriles is 1. The van der Waals surface area contributed by atoms with Crippen LogP contribution in [-0.2, 0) is 4.74 Å². The smallest absolute Gasteiger partial charge is 0.337 e. The van der Waals surface area contributed by atoms with Gasteiger partial charge >= 0.3 is 5.97 Å². The Balaban J connectivity index is 0.000000924. The fraction of sp³-hybridized carbons (Fsp3) is 0.158. The SMILES string of the molecule is CC.COC(=O)c1ccc2cccc(-c3ccsc3C#N)c2c1. The normalized spacial score (nSPS) is 9.65. The molecule has 0 spiro atoms. The molecule has 0 bridgehead atoms. The van der Waals surface area contributed by atoms with Crippen molar-refractivity contribution in [2.75, 3.05) is 7.11 Å². The topological polar surface area (TPSA) is 50.1 Å². The van der Waals surface area contributed by atoms with Crippen LogP contribution in [0, 0.1) is 11.3 Å². The van der Waals surface area contributed by atoms with Crippen LogP contribution in [0.5, 0.6) is 0 Å². The minimum Gasteiger partial charge on any atom is -0.465 e. The molecule has 3 nitrogen and oxygen atoms in total. The maximum Gasteiger partial charge on any atom is 0.337 e. The number of fused-ring (bicyclic) bond motifs is 1. The second kappa shape index (κ2) is 7.57. The predicted octanol–water partition coefficient (Wildman–Crippen LogP) is 5.25. The summed E-state index contributed by atoms with van der Waals surface area (Å²) in [5.74, 6) is -0.363. The van der Waals surface area contributed by atoms with Crippen LogP contribution in [0.3, 0.4) is 0 Å². The highest BCUT2D eigenvalue weighted by atomic mass is 32.1. The van der Waals surface area contributed by atoms with E-state index in [0.29, 0.717) is 10.4 Å². The van der Waals surface area contributed by atoms with Gasteiger partial charge in [0.25, 0.3) is 0 Å². The van der Waals surface area contributed by atoms with Crippen LogP contribution < -0.4 is 0 Å². The highest BCUT2D eigenvalue weighted by Gasteiger charge is 2.12. The van der Waals surface area contributed by atoms with Crippen molar-refractivity contribution in [3.8, 4) is 17.2 Å². The fourth-order valence-corrected chi connectivity index (χ4v) is 3.06. The lowest BCUT2D eigenvalue weighted by Crippen LogP contribution is -2.00. The maximum absolute atomic E-state index is 11.7. The van der Waals surface area contributed by atoms with Crippen molar-refractivity contribution >= 4 is 28.1 Å². The van der Waals surface area contributed by atoms with E-state index >= 15 is 0 Å². The van der Waals surface area contributed by atoms with E-state index in [0.717, 1.165) is 21.9 Å². The van der Waals surface area contributed by atoms with Gasteiger partial charge in [-0.15, -0.1) is 11.3 Å². The molecule has 1 heterocycles. The van der Waals surface area contributed by atoms with Crippen LogP contribution in [0.25, 0.3) is 21.9 Å². The van der Waals surface area contributed by atoms with Gasteiger partial charge < -0.3 is 4.74 Å². The molecule has 0 aliphatic carbocycles. The van der Waals surface area contributed by atoms with Crippen molar-refractivity contribution in [3.05, 3.63) is 58.3 Å². The Bertz CT molecular complexity index is 874. The van der Waals surface area contributed by atoms with E-state index in [2.05, 4.69) is 6.07 Å². The lowest BCUT2D eigenvalue weighted by Gasteiger charge is -2.07. The van der Waals surface area contributed by atoms with Crippen molar-refractivity contribution in [1.82, 2.24) is 0 Å². The summed E-state index contributed by atoms with van der Waals surface area (Å²) in [7, 11) is 1.37. The summed E-state index contributed by atoms with van der Waals surface area (Å²) in [5, 5.41) is 13.1. The van der Waals surface area contributed by atoms with Crippen LogP contribution in [0.4, 0.5) is 0 Å². The van der Waals surface area contributed by atoms with Crippen molar-refractivity contribution < 1.29 is 9.53 Å². The van der Waals surface area contributed by atoms with Crippen LogP contribution >= 0.6 is 11.3 Å². The minimum absolute atomic E-state index is 0.363. The first-order valence-corrected chi connectivity index (χ1v) is 8.21. The largest absolute Gasteiger partial charge is 0.465 e. The van der Waals surface area contributed by atoms with E-state index in [1.165, 1.54) is 18.4 Å². The summed E-state index contributed by atoms with van der Waals surface area (Å²) in [6.07, 6.45) is 0. The molecule has 0 fully saturated rings. The van der Waals surface area contributed by atoms with Gasteiger partial charge in [0, 0.05) is 5.56 Å². The molecule has 0 radical (unpaired) electrons. The zero-order chi connectivity index (χ0) is 16.8. The van der Waals surface area contributed by atoms with Gasteiger partial charge in [-0.3, -0.25) is 0 Å². The number of methoxy groups -OCH3 is 1. The zero-order valence-electron chi connectivity index (χ0n) is 13.3. The molecule has 0 aliphatic rings.